The minimum Gasteiger partial charge on any atom is -0.444 e. The molecule has 2 amide bonds. The molecule has 0 saturated carbocycles. The van der Waals surface area contributed by atoms with Crippen molar-refractivity contribution in [1.82, 2.24) is 20.4 Å². The molecule has 0 bridgehead atoms. The Balaban J connectivity index is 2.20. The Labute approximate surface area is 133 Å². The maximum absolute atomic E-state index is 11.9. The summed E-state index contributed by atoms with van der Waals surface area (Å²) in [4.78, 5) is 28.1. The van der Waals surface area contributed by atoms with Crippen LogP contribution in [0.5, 0.6) is 0 Å². The van der Waals surface area contributed by atoms with Crippen LogP contribution in [0.15, 0.2) is 0 Å². The van der Waals surface area contributed by atoms with E-state index in [1.807, 2.05) is 0 Å². The number of alkyl carbamates (subject to hydrolysis) is 1. The van der Waals surface area contributed by atoms with Gasteiger partial charge in [-0.2, -0.15) is 0 Å². The van der Waals surface area contributed by atoms with Gasteiger partial charge in [0.05, 0.1) is 0 Å². The van der Waals surface area contributed by atoms with Gasteiger partial charge in [-0.3, -0.25) is 9.69 Å². The smallest absolute Gasteiger partial charge is 0.408 e. The van der Waals surface area contributed by atoms with Crippen molar-refractivity contribution in [2.45, 2.75) is 39.3 Å². The molecule has 1 aliphatic rings. The molecule has 0 spiro atoms. The summed E-state index contributed by atoms with van der Waals surface area (Å²) < 4.78 is 5.13. The van der Waals surface area contributed by atoms with Gasteiger partial charge in [-0.15, -0.1) is 0 Å². The number of hydrogen-bond donors (Lipinski definition) is 2. The zero-order valence-corrected chi connectivity index (χ0v) is 14.4. The van der Waals surface area contributed by atoms with Crippen LogP contribution in [0.25, 0.3) is 0 Å². The Morgan fingerprint density at radius 2 is 1.77 bits per heavy atom. The van der Waals surface area contributed by atoms with Crippen LogP contribution in [0.4, 0.5) is 4.79 Å². The van der Waals surface area contributed by atoms with Crippen molar-refractivity contribution < 1.29 is 14.3 Å². The molecule has 22 heavy (non-hydrogen) atoms. The SMILES string of the molecule is C[C@@H](NC(=O)OC(C)(C)C)C(=O)NCCN1CCN(C)CC1. The minimum atomic E-state index is -0.609. The number of carbonyl (C=O) groups excluding carboxylic acids is 2. The largest absolute Gasteiger partial charge is 0.444 e. The van der Waals surface area contributed by atoms with Crippen LogP contribution in [0, 0.1) is 0 Å². The molecule has 1 heterocycles. The standard InChI is InChI=1S/C15H30N4O3/c1-12(17-14(21)22-15(2,3)4)13(20)16-6-7-19-10-8-18(5)9-11-19/h12H,6-11H2,1-5H3,(H,16,20)(H,17,21)/t12-/m1/s1. The van der Waals surface area contributed by atoms with Gasteiger partial charge >= 0.3 is 6.09 Å². The maximum atomic E-state index is 11.9. The lowest BCUT2D eigenvalue weighted by molar-refractivity contribution is -0.122. The van der Waals surface area contributed by atoms with Crippen LogP contribution >= 0.6 is 0 Å². The predicted molar refractivity (Wildman–Crippen MR) is 85.8 cm³/mol. The summed E-state index contributed by atoms with van der Waals surface area (Å²) in [6.07, 6.45) is -0.575. The van der Waals surface area contributed by atoms with E-state index in [9.17, 15) is 9.59 Å². The highest BCUT2D eigenvalue weighted by molar-refractivity contribution is 5.85. The molecule has 2 N–H and O–H groups in total. The molecule has 128 valence electrons. The molecular weight excluding hydrogens is 284 g/mol. The third kappa shape index (κ3) is 7.61. The molecule has 0 aromatic carbocycles. The Morgan fingerprint density at radius 3 is 2.32 bits per heavy atom. The van der Waals surface area contributed by atoms with Gasteiger partial charge in [0, 0.05) is 39.3 Å². The number of nitrogens with zero attached hydrogens (tertiary/aromatic N) is 2. The molecule has 7 nitrogen and oxygen atoms in total. The van der Waals surface area contributed by atoms with Gasteiger partial charge in [-0.05, 0) is 34.7 Å². The topological polar surface area (TPSA) is 73.9 Å². The zero-order valence-electron chi connectivity index (χ0n) is 14.4. The highest BCUT2D eigenvalue weighted by Crippen LogP contribution is 2.06. The van der Waals surface area contributed by atoms with E-state index in [4.69, 9.17) is 4.74 Å². The van der Waals surface area contributed by atoms with E-state index >= 15 is 0 Å². The molecule has 1 saturated heterocycles. The molecule has 1 rings (SSSR count). The van der Waals surface area contributed by atoms with E-state index in [0.29, 0.717) is 6.54 Å². The normalized spacial score (nSPS) is 18.6. The highest BCUT2D eigenvalue weighted by Gasteiger charge is 2.21. The number of piperazine rings is 1. The lowest BCUT2D eigenvalue weighted by Crippen LogP contribution is -2.50. The molecule has 0 aromatic heterocycles. The first kappa shape index (κ1) is 18.7. The Morgan fingerprint density at radius 1 is 1.18 bits per heavy atom. The third-order valence-corrected chi connectivity index (χ3v) is 3.45. The van der Waals surface area contributed by atoms with Crippen LogP contribution < -0.4 is 10.6 Å². The summed E-state index contributed by atoms with van der Waals surface area (Å²) in [5.41, 5.74) is -0.568. The number of nitrogens with one attached hydrogen (secondary N) is 2. The molecule has 1 atom stereocenters. The molecular formula is C15H30N4O3. The summed E-state index contributed by atoms with van der Waals surface area (Å²) in [7, 11) is 2.11. The van der Waals surface area contributed by atoms with Gasteiger partial charge in [0.1, 0.15) is 11.6 Å². The monoisotopic (exact) mass is 314 g/mol. The summed E-state index contributed by atoms with van der Waals surface area (Å²) in [6, 6.07) is -0.609. The predicted octanol–water partition coefficient (Wildman–Crippen LogP) is 0.263. The van der Waals surface area contributed by atoms with E-state index < -0.39 is 17.7 Å². The van der Waals surface area contributed by atoms with E-state index in [1.165, 1.54) is 0 Å². The van der Waals surface area contributed by atoms with Crippen molar-refractivity contribution in [3.05, 3.63) is 0 Å². The maximum Gasteiger partial charge on any atom is 0.408 e. The fourth-order valence-corrected chi connectivity index (χ4v) is 2.11. The van der Waals surface area contributed by atoms with Crippen LogP contribution in [-0.2, 0) is 9.53 Å². The first-order valence-electron chi connectivity index (χ1n) is 7.85. The van der Waals surface area contributed by atoms with Crippen molar-refractivity contribution in [2.75, 3.05) is 46.3 Å². The quantitative estimate of drug-likeness (QED) is 0.762. The summed E-state index contributed by atoms with van der Waals surface area (Å²) in [5, 5.41) is 5.38. The lowest BCUT2D eigenvalue weighted by Gasteiger charge is -2.32. The number of rotatable bonds is 5. The van der Waals surface area contributed by atoms with Gasteiger partial charge < -0.3 is 20.3 Å². The number of likely N-dealkylation sites (N-methyl/N-ethyl adjacent to an activating group) is 1. The fourth-order valence-electron chi connectivity index (χ4n) is 2.11. The Hall–Kier alpha value is -1.34. The first-order chi connectivity index (χ1) is 10.2. The van der Waals surface area contributed by atoms with Crippen LogP contribution in [-0.4, -0.2) is 79.8 Å². The molecule has 1 aliphatic heterocycles. The number of carbonyl (C=O) groups is 2. The Kier molecular flexibility index (Phi) is 7.09. The highest BCUT2D eigenvalue weighted by atomic mass is 16.6. The van der Waals surface area contributed by atoms with Gasteiger partial charge in [0.25, 0.3) is 0 Å². The third-order valence-electron chi connectivity index (χ3n) is 3.45. The second-order valence-corrected chi connectivity index (χ2v) is 6.80. The number of hydrogen-bond acceptors (Lipinski definition) is 5. The molecule has 1 fully saturated rings. The summed E-state index contributed by atoms with van der Waals surface area (Å²) in [5.74, 6) is -0.194. The van der Waals surface area contributed by atoms with Crippen LogP contribution in [0.2, 0.25) is 0 Å². The van der Waals surface area contributed by atoms with Gasteiger partial charge in [0.2, 0.25) is 5.91 Å². The van der Waals surface area contributed by atoms with Gasteiger partial charge in [-0.1, -0.05) is 0 Å². The summed E-state index contributed by atoms with van der Waals surface area (Å²) >= 11 is 0. The number of amides is 2. The summed E-state index contributed by atoms with van der Waals surface area (Å²) in [6.45, 7) is 12.6. The minimum absolute atomic E-state index is 0.194. The van der Waals surface area contributed by atoms with Crippen molar-refractivity contribution in [3.8, 4) is 0 Å². The average molecular weight is 314 g/mol. The van der Waals surface area contributed by atoms with Crippen molar-refractivity contribution in [2.24, 2.45) is 0 Å². The molecule has 0 unspecified atom stereocenters. The van der Waals surface area contributed by atoms with E-state index in [-0.39, 0.29) is 5.91 Å². The average Bonchev–Trinajstić information content (AvgIpc) is 2.38. The van der Waals surface area contributed by atoms with E-state index in [2.05, 4.69) is 27.5 Å². The van der Waals surface area contributed by atoms with E-state index in [0.717, 1.165) is 32.7 Å². The van der Waals surface area contributed by atoms with Crippen LogP contribution in [0.3, 0.4) is 0 Å². The second kappa shape index (κ2) is 8.33. The lowest BCUT2D eigenvalue weighted by atomic mass is 10.2. The Bertz CT molecular complexity index is 373. The first-order valence-corrected chi connectivity index (χ1v) is 7.85. The van der Waals surface area contributed by atoms with E-state index in [1.54, 1.807) is 27.7 Å². The molecule has 0 aromatic rings. The van der Waals surface area contributed by atoms with Gasteiger partial charge in [0.15, 0.2) is 0 Å². The van der Waals surface area contributed by atoms with Crippen molar-refractivity contribution in [3.63, 3.8) is 0 Å². The fraction of sp³-hybridized carbons (Fsp3) is 0.867. The van der Waals surface area contributed by atoms with Crippen molar-refractivity contribution >= 4 is 12.0 Å². The molecule has 7 heteroatoms. The van der Waals surface area contributed by atoms with Gasteiger partial charge in [-0.25, -0.2) is 4.79 Å². The van der Waals surface area contributed by atoms with Crippen molar-refractivity contribution in [1.29, 1.82) is 0 Å². The molecule has 0 radical (unpaired) electrons. The number of ether oxygens (including phenoxy) is 1. The second-order valence-electron chi connectivity index (χ2n) is 6.80. The molecule has 0 aliphatic carbocycles. The zero-order chi connectivity index (χ0) is 16.8. The van der Waals surface area contributed by atoms with Crippen LogP contribution in [0.1, 0.15) is 27.7 Å².